The molecule has 1 aliphatic carbocycles. The predicted octanol–water partition coefficient (Wildman–Crippen LogP) is 5.63. The first-order chi connectivity index (χ1) is 14.4. The van der Waals surface area contributed by atoms with E-state index in [2.05, 4.69) is 0 Å². The summed E-state index contributed by atoms with van der Waals surface area (Å²) < 4.78 is 90.1. The lowest BCUT2D eigenvalue weighted by atomic mass is 9.90. The average Bonchev–Trinajstić information content (AvgIpc) is 2.65. The summed E-state index contributed by atoms with van der Waals surface area (Å²) in [5.41, 5.74) is 11.2. The highest BCUT2D eigenvalue weighted by Gasteiger charge is 2.58. The Bertz CT molecular complexity index is 902. The molecule has 0 saturated carbocycles. The van der Waals surface area contributed by atoms with Crippen LogP contribution >= 0.6 is 0 Å². The van der Waals surface area contributed by atoms with Gasteiger partial charge in [0.2, 0.25) is 0 Å². The van der Waals surface area contributed by atoms with Gasteiger partial charge in [-0.05, 0) is 54.1 Å². The van der Waals surface area contributed by atoms with Crippen molar-refractivity contribution < 1.29 is 35.8 Å². The molecular formula is C21H18F6N2O2. The minimum atomic E-state index is -5.50. The monoisotopic (exact) mass is 444 g/mol. The predicted molar refractivity (Wildman–Crippen MR) is 103 cm³/mol. The second kappa shape index (κ2) is 8.09. The minimum Gasteiger partial charge on any atom is -0.448 e. The number of alkyl halides is 6. The fraction of sp³-hybridized carbons (Fsp3) is 0.238. The smallest absolute Gasteiger partial charge is 0.404 e. The Morgan fingerprint density at radius 3 is 1.48 bits per heavy atom. The van der Waals surface area contributed by atoms with Crippen molar-refractivity contribution in [3.05, 3.63) is 72.3 Å². The van der Waals surface area contributed by atoms with Crippen molar-refractivity contribution in [2.45, 2.75) is 24.6 Å². The van der Waals surface area contributed by atoms with Gasteiger partial charge < -0.3 is 20.9 Å². The molecule has 31 heavy (non-hydrogen) atoms. The van der Waals surface area contributed by atoms with Gasteiger partial charge in [-0.1, -0.05) is 12.2 Å². The fourth-order valence-electron chi connectivity index (χ4n) is 3.04. The molecule has 0 aliphatic heterocycles. The highest BCUT2D eigenvalue weighted by atomic mass is 19.4. The van der Waals surface area contributed by atoms with Crippen molar-refractivity contribution in [1.29, 1.82) is 0 Å². The molecule has 10 heteroatoms. The van der Waals surface area contributed by atoms with E-state index in [1.807, 2.05) is 0 Å². The topological polar surface area (TPSA) is 70.5 Å². The van der Waals surface area contributed by atoms with Crippen LogP contribution in [-0.4, -0.2) is 18.1 Å². The van der Waals surface area contributed by atoms with E-state index in [9.17, 15) is 26.3 Å². The van der Waals surface area contributed by atoms with Crippen molar-refractivity contribution in [2.24, 2.45) is 5.92 Å². The summed E-state index contributed by atoms with van der Waals surface area (Å²) in [5, 5.41) is 0. The molecule has 0 fully saturated rings. The summed E-state index contributed by atoms with van der Waals surface area (Å²) in [7, 11) is 0. The molecule has 0 atom stereocenters. The Kier molecular flexibility index (Phi) is 5.84. The molecular weight excluding hydrogens is 426 g/mol. The largest absolute Gasteiger partial charge is 0.448 e. The minimum absolute atomic E-state index is 0.259. The van der Waals surface area contributed by atoms with Gasteiger partial charge in [0.15, 0.2) is 5.92 Å². The van der Waals surface area contributed by atoms with E-state index >= 15 is 0 Å². The Morgan fingerprint density at radius 2 is 1.16 bits per heavy atom. The second-order valence-electron chi connectivity index (χ2n) is 6.91. The van der Waals surface area contributed by atoms with E-state index in [1.165, 1.54) is 48.5 Å². The highest BCUT2D eigenvalue weighted by molar-refractivity contribution is 5.44. The lowest BCUT2D eigenvalue weighted by Crippen LogP contribution is -2.43. The molecule has 4 N–H and O–H groups in total. The highest BCUT2D eigenvalue weighted by Crippen LogP contribution is 2.46. The quantitative estimate of drug-likeness (QED) is 0.356. The van der Waals surface area contributed by atoms with Crippen molar-refractivity contribution in [3.8, 4) is 11.5 Å². The van der Waals surface area contributed by atoms with E-state index in [1.54, 1.807) is 0 Å². The first-order valence-electron chi connectivity index (χ1n) is 9.00. The third-order valence-corrected chi connectivity index (χ3v) is 4.48. The van der Waals surface area contributed by atoms with Gasteiger partial charge in [-0.3, -0.25) is 0 Å². The number of anilines is 2. The van der Waals surface area contributed by atoms with Gasteiger partial charge in [-0.25, -0.2) is 0 Å². The van der Waals surface area contributed by atoms with E-state index in [-0.39, 0.29) is 11.5 Å². The third-order valence-electron chi connectivity index (χ3n) is 4.48. The number of ether oxygens (including phenoxy) is 2. The number of halogens is 6. The van der Waals surface area contributed by atoms with Crippen molar-refractivity contribution in [2.75, 3.05) is 11.5 Å². The molecule has 0 unspecified atom stereocenters. The summed E-state index contributed by atoms with van der Waals surface area (Å²) in [6, 6.07) is 12.1. The maximum absolute atomic E-state index is 13.1. The van der Waals surface area contributed by atoms with Gasteiger partial charge in [-0.2, -0.15) is 26.3 Å². The molecule has 3 rings (SSSR count). The maximum atomic E-state index is 13.1. The standard InChI is InChI=1S/C21H18F6N2O2/c22-20(23,24)18(21(25,26)27)13-9-11-19(12-10-13,30-16-5-1-14(28)2-6-16)31-17-7-3-15(29)4-8-17/h1-11,18H,12,28-29H2. The van der Waals surface area contributed by atoms with Gasteiger partial charge in [-0.15, -0.1) is 0 Å². The van der Waals surface area contributed by atoms with Crippen LogP contribution in [0.15, 0.2) is 72.3 Å². The molecule has 4 nitrogen and oxygen atoms in total. The average molecular weight is 444 g/mol. The molecule has 0 bridgehead atoms. The molecule has 0 spiro atoms. The van der Waals surface area contributed by atoms with Gasteiger partial charge in [0.1, 0.15) is 11.5 Å². The number of benzene rings is 2. The number of nitrogen functional groups attached to an aromatic ring is 2. The molecule has 0 amide bonds. The molecule has 0 aromatic heterocycles. The SMILES string of the molecule is Nc1ccc(OC2(Oc3ccc(N)cc3)C=CC(C(C(F)(F)F)C(F)(F)F)=CC2)cc1. The van der Waals surface area contributed by atoms with Crippen LogP contribution in [0.4, 0.5) is 37.7 Å². The Morgan fingerprint density at radius 1 is 0.742 bits per heavy atom. The van der Waals surface area contributed by atoms with Crippen molar-refractivity contribution in [3.63, 3.8) is 0 Å². The molecule has 1 aliphatic rings. The van der Waals surface area contributed by atoms with Crippen LogP contribution in [-0.2, 0) is 0 Å². The Hall–Kier alpha value is -3.30. The van der Waals surface area contributed by atoms with Crippen LogP contribution in [0.25, 0.3) is 0 Å². The van der Waals surface area contributed by atoms with Crippen LogP contribution in [0.2, 0.25) is 0 Å². The van der Waals surface area contributed by atoms with Crippen LogP contribution in [0.1, 0.15) is 6.42 Å². The molecule has 0 heterocycles. The molecule has 2 aromatic carbocycles. The van der Waals surface area contributed by atoms with Crippen LogP contribution in [0.3, 0.4) is 0 Å². The van der Waals surface area contributed by atoms with Gasteiger partial charge in [0.05, 0.1) is 0 Å². The zero-order valence-corrected chi connectivity index (χ0v) is 15.9. The zero-order chi connectivity index (χ0) is 22.9. The summed E-state index contributed by atoms with van der Waals surface area (Å²) in [4.78, 5) is 0. The first-order valence-corrected chi connectivity index (χ1v) is 9.00. The van der Waals surface area contributed by atoms with E-state index in [0.29, 0.717) is 11.4 Å². The van der Waals surface area contributed by atoms with Crippen LogP contribution in [0, 0.1) is 5.92 Å². The molecule has 0 saturated heterocycles. The summed E-state index contributed by atoms with van der Waals surface area (Å²) in [5.74, 6) is -4.77. The lowest BCUT2D eigenvalue weighted by molar-refractivity contribution is -0.270. The van der Waals surface area contributed by atoms with Gasteiger partial charge in [0.25, 0.3) is 5.79 Å². The van der Waals surface area contributed by atoms with E-state index in [4.69, 9.17) is 20.9 Å². The number of hydrogen-bond donors (Lipinski definition) is 2. The van der Waals surface area contributed by atoms with Gasteiger partial charge >= 0.3 is 12.4 Å². The zero-order valence-electron chi connectivity index (χ0n) is 15.9. The van der Waals surface area contributed by atoms with Crippen LogP contribution < -0.4 is 20.9 Å². The normalized spacial score (nSPS) is 16.2. The number of nitrogens with two attached hydrogens (primary N) is 2. The maximum Gasteiger partial charge on any atom is 0.404 e. The van der Waals surface area contributed by atoms with E-state index < -0.39 is 36.1 Å². The Balaban J connectivity index is 1.93. The number of allylic oxidation sites excluding steroid dienone is 2. The first kappa shape index (κ1) is 22.4. The molecule has 2 aromatic rings. The molecule has 0 radical (unpaired) electrons. The van der Waals surface area contributed by atoms with Crippen molar-refractivity contribution in [1.82, 2.24) is 0 Å². The molecule has 166 valence electrons. The Labute approximate surface area is 173 Å². The van der Waals surface area contributed by atoms with E-state index in [0.717, 1.165) is 18.2 Å². The number of rotatable bonds is 5. The third kappa shape index (κ3) is 5.44. The number of hydrogen-bond acceptors (Lipinski definition) is 4. The lowest BCUT2D eigenvalue weighted by Gasteiger charge is -2.35. The second-order valence-corrected chi connectivity index (χ2v) is 6.91. The van der Waals surface area contributed by atoms with Crippen molar-refractivity contribution >= 4 is 11.4 Å². The fourth-order valence-corrected chi connectivity index (χ4v) is 3.04. The summed E-state index contributed by atoms with van der Waals surface area (Å²) in [6.07, 6.45) is -8.81. The van der Waals surface area contributed by atoms with Crippen LogP contribution in [0.5, 0.6) is 11.5 Å². The summed E-state index contributed by atoms with van der Waals surface area (Å²) >= 11 is 0. The van der Waals surface area contributed by atoms with Gasteiger partial charge in [0, 0.05) is 23.9 Å². The summed E-state index contributed by atoms with van der Waals surface area (Å²) in [6.45, 7) is 0.